The summed E-state index contributed by atoms with van der Waals surface area (Å²) >= 11 is 0. The first-order chi connectivity index (χ1) is 12.0. The van der Waals surface area contributed by atoms with Crippen LogP contribution < -0.4 is 19.5 Å². The normalized spacial score (nSPS) is 13.2. The van der Waals surface area contributed by atoms with Gasteiger partial charge < -0.3 is 19.5 Å². The Balaban J connectivity index is 1.53. The number of nitro benzene ring substituents is 1. The van der Waals surface area contributed by atoms with Gasteiger partial charge in [-0.1, -0.05) is 6.07 Å². The second-order valence-electron chi connectivity index (χ2n) is 5.42. The van der Waals surface area contributed by atoms with Gasteiger partial charge in [0.25, 0.3) is 11.6 Å². The van der Waals surface area contributed by atoms with E-state index in [1.165, 1.54) is 24.3 Å². The zero-order valence-corrected chi connectivity index (χ0v) is 13.4. The Kier molecular flexibility index (Phi) is 4.69. The Bertz CT molecular complexity index is 790. The van der Waals surface area contributed by atoms with Gasteiger partial charge in [0.05, 0.1) is 4.92 Å². The number of nitro groups is 1. The molecule has 0 spiro atoms. The second-order valence-corrected chi connectivity index (χ2v) is 5.42. The van der Waals surface area contributed by atoms with Gasteiger partial charge in [-0.3, -0.25) is 14.9 Å². The third kappa shape index (κ3) is 3.97. The van der Waals surface area contributed by atoms with Crippen LogP contribution in [0.5, 0.6) is 17.2 Å². The van der Waals surface area contributed by atoms with Gasteiger partial charge in [0.15, 0.2) is 17.6 Å². The molecule has 0 aromatic heterocycles. The van der Waals surface area contributed by atoms with Crippen LogP contribution in [-0.4, -0.2) is 23.7 Å². The molecule has 2 aromatic carbocycles. The smallest absolute Gasteiger partial charge is 0.269 e. The average molecular weight is 344 g/mol. The first-order valence-corrected chi connectivity index (χ1v) is 7.60. The molecule has 1 heterocycles. The van der Waals surface area contributed by atoms with E-state index in [0.29, 0.717) is 23.8 Å². The predicted octanol–water partition coefficient (Wildman–Crippen LogP) is 2.41. The van der Waals surface area contributed by atoms with Crippen molar-refractivity contribution in [2.24, 2.45) is 0 Å². The van der Waals surface area contributed by atoms with E-state index in [0.717, 1.165) is 5.56 Å². The Hall–Kier alpha value is -3.29. The molecular weight excluding hydrogens is 328 g/mol. The van der Waals surface area contributed by atoms with Gasteiger partial charge in [-0.05, 0) is 36.8 Å². The summed E-state index contributed by atoms with van der Waals surface area (Å²) in [7, 11) is 0. The molecule has 0 unspecified atom stereocenters. The number of non-ortho nitro benzene ring substituents is 1. The Morgan fingerprint density at radius 2 is 1.96 bits per heavy atom. The molecular formula is C17H16N2O6. The van der Waals surface area contributed by atoms with Crippen molar-refractivity contribution in [2.45, 2.75) is 19.6 Å². The van der Waals surface area contributed by atoms with Crippen molar-refractivity contribution in [3.8, 4) is 17.2 Å². The van der Waals surface area contributed by atoms with E-state index < -0.39 is 11.0 Å². The summed E-state index contributed by atoms with van der Waals surface area (Å²) in [5.41, 5.74) is 0.840. The van der Waals surface area contributed by atoms with E-state index >= 15 is 0 Å². The summed E-state index contributed by atoms with van der Waals surface area (Å²) in [5.74, 6) is 1.43. The van der Waals surface area contributed by atoms with Crippen molar-refractivity contribution < 1.29 is 23.9 Å². The quantitative estimate of drug-likeness (QED) is 0.638. The maximum Gasteiger partial charge on any atom is 0.269 e. The van der Waals surface area contributed by atoms with Gasteiger partial charge in [-0.25, -0.2) is 0 Å². The van der Waals surface area contributed by atoms with Crippen LogP contribution in [0.25, 0.3) is 0 Å². The molecule has 0 aliphatic carbocycles. The molecule has 0 fully saturated rings. The highest BCUT2D eigenvalue weighted by Gasteiger charge is 2.17. The van der Waals surface area contributed by atoms with Gasteiger partial charge in [-0.2, -0.15) is 0 Å². The number of amides is 1. The molecule has 2 aromatic rings. The van der Waals surface area contributed by atoms with Crippen LogP contribution in [0.15, 0.2) is 42.5 Å². The fourth-order valence-electron chi connectivity index (χ4n) is 2.29. The van der Waals surface area contributed by atoms with Crippen molar-refractivity contribution >= 4 is 11.6 Å². The fourth-order valence-corrected chi connectivity index (χ4v) is 2.29. The van der Waals surface area contributed by atoms with Gasteiger partial charge in [0, 0.05) is 18.7 Å². The third-order valence-corrected chi connectivity index (χ3v) is 3.63. The number of carbonyl (C=O) groups excluding carboxylic acids is 1. The molecule has 3 rings (SSSR count). The molecule has 0 saturated carbocycles. The molecule has 1 aliphatic rings. The maximum absolute atomic E-state index is 12.1. The molecule has 25 heavy (non-hydrogen) atoms. The van der Waals surface area contributed by atoms with Crippen LogP contribution in [-0.2, 0) is 11.3 Å². The summed E-state index contributed by atoms with van der Waals surface area (Å²) in [6.07, 6.45) is -0.740. The van der Waals surface area contributed by atoms with Crippen LogP contribution in [0.1, 0.15) is 12.5 Å². The number of nitrogens with one attached hydrogen (secondary N) is 1. The maximum atomic E-state index is 12.1. The summed E-state index contributed by atoms with van der Waals surface area (Å²) in [4.78, 5) is 22.3. The zero-order valence-electron chi connectivity index (χ0n) is 13.4. The van der Waals surface area contributed by atoms with Crippen LogP contribution in [0, 0.1) is 10.1 Å². The largest absolute Gasteiger partial charge is 0.481 e. The van der Waals surface area contributed by atoms with Gasteiger partial charge in [0.1, 0.15) is 5.75 Å². The number of hydrogen-bond acceptors (Lipinski definition) is 6. The number of benzene rings is 2. The number of ether oxygens (including phenoxy) is 3. The van der Waals surface area contributed by atoms with Gasteiger partial charge >= 0.3 is 0 Å². The lowest BCUT2D eigenvalue weighted by Gasteiger charge is -2.14. The zero-order chi connectivity index (χ0) is 17.8. The summed E-state index contributed by atoms with van der Waals surface area (Å²) in [6.45, 7) is 2.13. The monoisotopic (exact) mass is 344 g/mol. The first kappa shape index (κ1) is 16.6. The molecule has 1 amide bonds. The number of rotatable bonds is 6. The Morgan fingerprint density at radius 1 is 1.24 bits per heavy atom. The van der Waals surface area contributed by atoms with Gasteiger partial charge in [0.2, 0.25) is 6.79 Å². The number of hydrogen-bond donors (Lipinski definition) is 1. The fraction of sp³-hybridized carbons (Fsp3) is 0.235. The minimum absolute atomic E-state index is 0.0349. The van der Waals surface area contributed by atoms with Crippen LogP contribution >= 0.6 is 0 Å². The van der Waals surface area contributed by atoms with Crippen molar-refractivity contribution in [2.75, 3.05) is 6.79 Å². The van der Waals surface area contributed by atoms with Gasteiger partial charge in [-0.15, -0.1) is 0 Å². The molecule has 1 N–H and O–H groups in total. The molecule has 130 valence electrons. The molecule has 1 atom stereocenters. The highest BCUT2D eigenvalue weighted by molar-refractivity contribution is 5.80. The third-order valence-electron chi connectivity index (χ3n) is 3.63. The van der Waals surface area contributed by atoms with Crippen molar-refractivity contribution in [1.82, 2.24) is 5.32 Å². The second kappa shape index (κ2) is 7.08. The van der Waals surface area contributed by atoms with E-state index in [1.54, 1.807) is 13.0 Å². The summed E-state index contributed by atoms with van der Waals surface area (Å²) in [6, 6.07) is 11.0. The highest BCUT2D eigenvalue weighted by atomic mass is 16.7. The molecule has 0 bridgehead atoms. The van der Waals surface area contributed by atoms with Crippen LogP contribution in [0.2, 0.25) is 0 Å². The lowest BCUT2D eigenvalue weighted by molar-refractivity contribution is -0.384. The molecule has 8 heteroatoms. The number of nitrogens with zero attached hydrogens (tertiary/aromatic N) is 1. The molecule has 0 radical (unpaired) electrons. The SMILES string of the molecule is C[C@H](Oc1ccc([N+](=O)[O-])cc1)C(=O)NCc1ccc2c(c1)OCO2. The average Bonchev–Trinajstić information content (AvgIpc) is 3.07. The number of carbonyl (C=O) groups is 1. The Morgan fingerprint density at radius 3 is 2.68 bits per heavy atom. The molecule has 1 aliphatic heterocycles. The first-order valence-electron chi connectivity index (χ1n) is 7.60. The van der Waals surface area contributed by atoms with Crippen molar-refractivity contribution in [3.63, 3.8) is 0 Å². The summed E-state index contributed by atoms with van der Waals surface area (Å²) in [5, 5.41) is 13.4. The topological polar surface area (TPSA) is 99.9 Å². The van der Waals surface area contributed by atoms with E-state index in [4.69, 9.17) is 14.2 Å². The van der Waals surface area contributed by atoms with Crippen molar-refractivity contribution in [1.29, 1.82) is 0 Å². The van der Waals surface area contributed by atoms with E-state index in [-0.39, 0.29) is 18.4 Å². The summed E-state index contributed by atoms with van der Waals surface area (Å²) < 4.78 is 16.0. The minimum Gasteiger partial charge on any atom is -0.481 e. The predicted molar refractivity (Wildman–Crippen MR) is 87.6 cm³/mol. The lowest BCUT2D eigenvalue weighted by Crippen LogP contribution is -2.35. The van der Waals surface area contributed by atoms with Crippen molar-refractivity contribution in [3.05, 3.63) is 58.1 Å². The lowest BCUT2D eigenvalue weighted by atomic mass is 10.2. The highest BCUT2D eigenvalue weighted by Crippen LogP contribution is 2.32. The van der Waals surface area contributed by atoms with Crippen LogP contribution in [0.4, 0.5) is 5.69 Å². The standard InChI is InChI=1S/C17H16N2O6/c1-11(25-14-5-3-13(4-6-14)19(21)22)17(20)18-9-12-2-7-15-16(8-12)24-10-23-15/h2-8,11H,9-10H2,1H3,(H,18,20)/t11-/m0/s1. The number of fused-ring (bicyclic) bond motifs is 1. The molecule has 8 nitrogen and oxygen atoms in total. The minimum atomic E-state index is -0.740. The Labute approximate surface area is 143 Å². The van der Waals surface area contributed by atoms with E-state index in [2.05, 4.69) is 5.32 Å². The van der Waals surface area contributed by atoms with E-state index in [9.17, 15) is 14.9 Å². The van der Waals surface area contributed by atoms with E-state index in [1.807, 2.05) is 12.1 Å². The molecule has 0 saturated heterocycles. The van der Waals surface area contributed by atoms with Crippen LogP contribution in [0.3, 0.4) is 0 Å².